The summed E-state index contributed by atoms with van der Waals surface area (Å²) in [7, 11) is 0. The minimum atomic E-state index is -0.739. The summed E-state index contributed by atoms with van der Waals surface area (Å²) in [6.07, 6.45) is 0.597. The molecule has 0 spiro atoms. The Morgan fingerprint density at radius 3 is 2.67 bits per heavy atom. The Labute approximate surface area is 105 Å². The summed E-state index contributed by atoms with van der Waals surface area (Å²) in [5.74, 6) is -0.269. The third kappa shape index (κ3) is 2.13. The Bertz CT molecular complexity index is 435. The molecule has 0 amide bonds. The first-order chi connectivity index (χ1) is 8.73. The molecule has 0 saturated carbocycles. The standard InChI is InChI=1S/C13H15NO4/c1-2-18-12(15)13(7-8-17-9-13)10-3-5-11(14-16)6-4-10/h3-6H,2,7-9H2,1H3. The van der Waals surface area contributed by atoms with Gasteiger partial charge in [-0.25, -0.2) is 0 Å². The average Bonchev–Trinajstić information content (AvgIpc) is 2.90. The molecule has 0 bridgehead atoms. The van der Waals surface area contributed by atoms with Gasteiger partial charge in [0.15, 0.2) is 0 Å². The van der Waals surface area contributed by atoms with E-state index >= 15 is 0 Å². The molecule has 5 heteroatoms. The molecule has 1 aromatic carbocycles. The smallest absolute Gasteiger partial charge is 0.319 e. The van der Waals surface area contributed by atoms with Crippen molar-refractivity contribution in [1.82, 2.24) is 0 Å². The number of nitrogens with zero attached hydrogens (tertiary/aromatic N) is 1. The molecule has 0 radical (unpaired) electrons. The summed E-state index contributed by atoms with van der Waals surface area (Å²) in [4.78, 5) is 22.5. The minimum Gasteiger partial charge on any atom is -0.465 e. The van der Waals surface area contributed by atoms with Gasteiger partial charge in [0.1, 0.15) is 11.1 Å². The summed E-state index contributed by atoms with van der Waals surface area (Å²) in [6, 6.07) is 6.67. The molecule has 1 aliphatic heterocycles. The highest BCUT2D eigenvalue weighted by Gasteiger charge is 2.45. The van der Waals surface area contributed by atoms with Gasteiger partial charge in [0.05, 0.1) is 13.2 Å². The van der Waals surface area contributed by atoms with Crippen LogP contribution in [0.5, 0.6) is 0 Å². The first-order valence-corrected chi connectivity index (χ1v) is 5.92. The molecule has 2 rings (SSSR count). The van der Waals surface area contributed by atoms with Gasteiger partial charge in [-0.1, -0.05) is 12.1 Å². The van der Waals surface area contributed by atoms with Crippen molar-refractivity contribution in [1.29, 1.82) is 0 Å². The third-order valence-electron chi connectivity index (χ3n) is 3.21. The van der Waals surface area contributed by atoms with Crippen molar-refractivity contribution >= 4 is 11.7 Å². The van der Waals surface area contributed by atoms with Crippen molar-refractivity contribution in [2.24, 2.45) is 5.18 Å². The monoisotopic (exact) mass is 249 g/mol. The molecule has 1 fully saturated rings. The van der Waals surface area contributed by atoms with Crippen LogP contribution in [0.4, 0.5) is 5.69 Å². The molecule has 96 valence electrons. The van der Waals surface area contributed by atoms with E-state index in [1.54, 1.807) is 31.2 Å². The Kier molecular flexibility index (Phi) is 3.72. The summed E-state index contributed by atoms with van der Waals surface area (Å²) < 4.78 is 10.5. The topological polar surface area (TPSA) is 65.0 Å². The van der Waals surface area contributed by atoms with E-state index in [4.69, 9.17) is 9.47 Å². The van der Waals surface area contributed by atoms with E-state index < -0.39 is 5.41 Å². The molecule has 0 aliphatic carbocycles. The molecular formula is C13H15NO4. The molecule has 0 aromatic heterocycles. The van der Waals surface area contributed by atoms with E-state index in [9.17, 15) is 9.70 Å². The van der Waals surface area contributed by atoms with Crippen molar-refractivity contribution < 1.29 is 14.3 Å². The maximum Gasteiger partial charge on any atom is 0.319 e. The van der Waals surface area contributed by atoms with Crippen molar-refractivity contribution in [3.8, 4) is 0 Å². The predicted octanol–water partition coefficient (Wildman–Crippen LogP) is 2.31. The summed E-state index contributed by atoms with van der Waals surface area (Å²) in [5.41, 5.74) is 0.416. The normalized spacial score (nSPS) is 22.7. The number of hydrogen-bond acceptors (Lipinski definition) is 5. The van der Waals surface area contributed by atoms with Crippen LogP contribution in [0.25, 0.3) is 0 Å². The number of carbonyl (C=O) groups is 1. The van der Waals surface area contributed by atoms with Crippen LogP contribution < -0.4 is 0 Å². The summed E-state index contributed by atoms with van der Waals surface area (Å²) >= 11 is 0. The van der Waals surface area contributed by atoms with Gasteiger partial charge in [-0.15, -0.1) is 4.91 Å². The molecule has 1 aliphatic rings. The third-order valence-corrected chi connectivity index (χ3v) is 3.21. The van der Waals surface area contributed by atoms with Crippen LogP contribution >= 0.6 is 0 Å². The van der Waals surface area contributed by atoms with Gasteiger partial charge in [0.25, 0.3) is 0 Å². The van der Waals surface area contributed by atoms with Crippen LogP contribution in [-0.4, -0.2) is 25.8 Å². The van der Waals surface area contributed by atoms with Crippen molar-refractivity contribution in [2.75, 3.05) is 19.8 Å². The maximum atomic E-state index is 12.1. The lowest BCUT2D eigenvalue weighted by atomic mass is 9.80. The van der Waals surface area contributed by atoms with Gasteiger partial charge in [0, 0.05) is 6.61 Å². The second-order valence-electron chi connectivity index (χ2n) is 4.24. The quantitative estimate of drug-likeness (QED) is 0.606. The highest BCUT2D eigenvalue weighted by Crippen LogP contribution is 2.35. The van der Waals surface area contributed by atoms with Gasteiger partial charge in [-0.05, 0) is 36.2 Å². The zero-order chi connectivity index (χ0) is 13.0. The fourth-order valence-electron chi connectivity index (χ4n) is 2.18. The first kappa shape index (κ1) is 12.7. The lowest BCUT2D eigenvalue weighted by Gasteiger charge is -2.25. The summed E-state index contributed by atoms with van der Waals surface area (Å²) in [5, 5.41) is 2.84. The van der Waals surface area contributed by atoms with Crippen LogP contribution in [0.1, 0.15) is 18.9 Å². The molecule has 1 heterocycles. The van der Waals surface area contributed by atoms with Gasteiger partial charge in [-0.3, -0.25) is 4.79 Å². The van der Waals surface area contributed by atoms with Gasteiger partial charge in [-0.2, -0.15) is 0 Å². The Morgan fingerprint density at radius 1 is 1.44 bits per heavy atom. The zero-order valence-electron chi connectivity index (χ0n) is 10.2. The zero-order valence-corrected chi connectivity index (χ0v) is 10.2. The lowest BCUT2D eigenvalue weighted by molar-refractivity contribution is -0.150. The van der Waals surface area contributed by atoms with Crippen LogP contribution in [0.3, 0.4) is 0 Å². The predicted molar refractivity (Wildman–Crippen MR) is 65.6 cm³/mol. The number of rotatable bonds is 4. The molecular weight excluding hydrogens is 234 g/mol. The Morgan fingerprint density at radius 2 is 2.17 bits per heavy atom. The van der Waals surface area contributed by atoms with Crippen LogP contribution in [0.15, 0.2) is 29.4 Å². The molecule has 0 N–H and O–H groups in total. The summed E-state index contributed by atoms with van der Waals surface area (Å²) in [6.45, 7) is 2.97. The molecule has 1 aromatic rings. The molecule has 1 saturated heterocycles. The van der Waals surface area contributed by atoms with Crippen molar-refractivity contribution in [3.05, 3.63) is 34.7 Å². The van der Waals surface area contributed by atoms with Gasteiger partial charge >= 0.3 is 5.97 Å². The van der Waals surface area contributed by atoms with E-state index in [0.717, 1.165) is 5.56 Å². The lowest BCUT2D eigenvalue weighted by Crippen LogP contribution is -2.38. The largest absolute Gasteiger partial charge is 0.465 e. The van der Waals surface area contributed by atoms with E-state index in [0.29, 0.717) is 31.9 Å². The van der Waals surface area contributed by atoms with Gasteiger partial charge < -0.3 is 9.47 Å². The van der Waals surface area contributed by atoms with E-state index in [1.165, 1.54) is 0 Å². The molecule has 1 unspecified atom stereocenters. The number of carbonyl (C=O) groups excluding carboxylic acids is 1. The van der Waals surface area contributed by atoms with E-state index in [-0.39, 0.29) is 5.97 Å². The van der Waals surface area contributed by atoms with Crippen molar-refractivity contribution in [2.45, 2.75) is 18.8 Å². The van der Waals surface area contributed by atoms with E-state index in [2.05, 4.69) is 5.18 Å². The fraction of sp³-hybridized carbons (Fsp3) is 0.462. The number of benzene rings is 1. The molecule has 5 nitrogen and oxygen atoms in total. The van der Waals surface area contributed by atoms with E-state index in [1.807, 2.05) is 0 Å². The second kappa shape index (κ2) is 5.27. The second-order valence-corrected chi connectivity index (χ2v) is 4.24. The number of hydrogen-bond donors (Lipinski definition) is 0. The highest BCUT2D eigenvalue weighted by atomic mass is 16.5. The molecule has 18 heavy (non-hydrogen) atoms. The molecule has 1 atom stereocenters. The SMILES string of the molecule is CCOC(=O)C1(c2ccc(N=O)cc2)CCOC1. The van der Waals surface area contributed by atoms with Crippen molar-refractivity contribution in [3.63, 3.8) is 0 Å². The average molecular weight is 249 g/mol. The highest BCUT2D eigenvalue weighted by molar-refractivity contribution is 5.84. The van der Waals surface area contributed by atoms with Crippen LogP contribution in [0.2, 0.25) is 0 Å². The Balaban J connectivity index is 2.34. The van der Waals surface area contributed by atoms with Crippen LogP contribution in [-0.2, 0) is 19.7 Å². The van der Waals surface area contributed by atoms with Crippen LogP contribution in [0, 0.1) is 4.91 Å². The fourth-order valence-corrected chi connectivity index (χ4v) is 2.18. The first-order valence-electron chi connectivity index (χ1n) is 5.92. The number of esters is 1. The maximum absolute atomic E-state index is 12.1. The van der Waals surface area contributed by atoms with Gasteiger partial charge in [0.2, 0.25) is 0 Å². The Hall–Kier alpha value is -1.75. The number of nitroso groups, excluding NO2 is 1. The minimum absolute atomic E-state index is 0.269. The number of ether oxygens (including phenoxy) is 2.